The van der Waals surface area contributed by atoms with Crippen molar-refractivity contribution in [2.45, 2.75) is 18.7 Å². The molecule has 1 rings (SSSR count). The van der Waals surface area contributed by atoms with Gasteiger partial charge in [0.15, 0.2) is 11.6 Å². The molecule has 0 bridgehead atoms. The summed E-state index contributed by atoms with van der Waals surface area (Å²) < 4.78 is 31.7. The van der Waals surface area contributed by atoms with E-state index in [9.17, 15) is 8.78 Å². The fourth-order valence-corrected chi connectivity index (χ4v) is 1.64. The number of halogens is 3. The van der Waals surface area contributed by atoms with E-state index in [2.05, 4.69) is 15.9 Å². The summed E-state index contributed by atoms with van der Waals surface area (Å²) in [4.78, 5) is -0.278. The minimum atomic E-state index is -0.533. The number of rotatable bonds is 3. The summed E-state index contributed by atoms with van der Waals surface area (Å²) in [6.45, 7) is 3.76. The average molecular weight is 265 g/mol. The maximum atomic E-state index is 13.3. The molecule has 0 radical (unpaired) electrons. The van der Waals surface area contributed by atoms with Crippen molar-refractivity contribution < 1.29 is 13.5 Å². The first-order chi connectivity index (χ1) is 6.57. The Kier molecular flexibility index (Phi) is 3.86. The van der Waals surface area contributed by atoms with Crippen molar-refractivity contribution in [3.63, 3.8) is 0 Å². The van der Waals surface area contributed by atoms with Crippen molar-refractivity contribution in [1.82, 2.24) is 0 Å². The van der Waals surface area contributed by atoms with Crippen LogP contribution in [0.4, 0.5) is 8.78 Å². The lowest BCUT2D eigenvalue weighted by Crippen LogP contribution is -2.02. The second-order valence-corrected chi connectivity index (χ2v) is 4.19. The number of hydrogen-bond donors (Lipinski definition) is 0. The third-order valence-corrected chi connectivity index (χ3v) is 2.24. The third kappa shape index (κ3) is 2.23. The molecule has 1 aromatic carbocycles. The fraction of sp³-hybridized carbons (Fsp3) is 0.400. The first-order valence-electron chi connectivity index (χ1n) is 4.32. The molecule has 0 aromatic heterocycles. The lowest BCUT2D eigenvalue weighted by molar-refractivity contribution is 0.315. The van der Waals surface area contributed by atoms with Gasteiger partial charge in [-0.3, -0.25) is 0 Å². The van der Waals surface area contributed by atoms with Gasteiger partial charge in [-0.15, -0.1) is 0 Å². The molecule has 0 fully saturated rings. The van der Waals surface area contributed by atoms with Gasteiger partial charge in [0.2, 0.25) is 0 Å². The van der Waals surface area contributed by atoms with E-state index in [0.717, 1.165) is 12.1 Å². The first-order valence-corrected chi connectivity index (χ1v) is 5.24. The Morgan fingerprint density at radius 1 is 1.36 bits per heavy atom. The maximum Gasteiger partial charge on any atom is 0.165 e. The van der Waals surface area contributed by atoms with E-state index in [1.807, 2.05) is 0 Å². The topological polar surface area (TPSA) is 9.23 Å². The van der Waals surface area contributed by atoms with Crippen LogP contribution in [0.3, 0.4) is 0 Å². The SMILES string of the molecule is CCOc1c(F)ccc(F)c1C(C)Br. The monoisotopic (exact) mass is 264 g/mol. The predicted molar refractivity (Wildman–Crippen MR) is 54.9 cm³/mol. The van der Waals surface area contributed by atoms with Crippen LogP contribution in [0.25, 0.3) is 0 Å². The molecule has 0 heterocycles. The zero-order valence-corrected chi connectivity index (χ0v) is 9.57. The average Bonchev–Trinajstić information content (AvgIpc) is 2.11. The lowest BCUT2D eigenvalue weighted by atomic mass is 10.1. The highest BCUT2D eigenvalue weighted by molar-refractivity contribution is 9.09. The molecule has 4 heteroatoms. The van der Waals surface area contributed by atoms with Gasteiger partial charge in [-0.1, -0.05) is 15.9 Å². The van der Waals surface area contributed by atoms with Crippen molar-refractivity contribution in [1.29, 1.82) is 0 Å². The smallest absolute Gasteiger partial charge is 0.165 e. The van der Waals surface area contributed by atoms with Crippen molar-refractivity contribution >= 4 is 15.9 Å². The Bertz CT molecular complexity index is 326. The van der Waals surface area contributed by atoms with Crippen LogP contribution in [-0.4, -0.2) is 6.61 Å². The van der Waals surface area contributed by atoms with Gasteiger partial charge in [0, 0.05) is 10.4 Å². The Morgan fingerprint density at radius 2 is 1.93 bits per heavy atom. The van der Waals surface area contributed by atoms with E-state index in [0.29, 0.717) is 6.61 Å². The van der Waals surface area contributed by atoms with E-state index < -0.39 is 11.6 Å². The van der Waals surface area contributed by atoms with Gasteiger partial charge in [0.25, 0.3) is 0 Å². The van der Waals surface area contributed by atoms with Crippen LogP contribution in [0.15, 0.2) is 12.1 Å². The van der Waals surface area contributed by atoms with Crippen LogP contribution < -0.4 is 4.74 Å². The van der Waals surface area contributed by atoms with E-state index >= 15 is 0 Å². The second kappa shape index (κ2) is 4.73. The maximum absolute atomic E-state index is 13.3. The summed E-state index contributed by atoms with van der Waals surface area (Å²) in [6.07, 6.45) is 0. The van der Waals surface area contributed by atoms with Crippen LogP contribution in [-0.2, 0) is 0 Å². The first kappa shape index (κ1) is 11.4. The predicted octanol–water partition coefficient (Wildman–Crippen LogP) is 3.82. The highest BCUT2D eigenvalue weighted by atomic mass is 79.9. The Balaban J connectivity index is 3.26. The van der Waals surface area contributed by atoms with Gasteiger partial charge < -0.3 is 4.74 Å². The van der Waals surface area contributed by atoms with E-state index in [1.165, 1.54) is 0 Å². The molecule has 0 aliphatic carbocycles. The quantitative estimate of drug-likeness (QED) is 0.755. The van der Waals surface area contributed by atoms with Crippen LogP contribution in [0, 0.1) is 11.6 Å². The Labute approximate surface area is 90.2 Å². The largest absolute Gasteiger partial charge is 0.490 e. The van der Waals surface area contributed by atoms with E-state index in [4.69, 9.17) is 4.74 Å². The highest BCUT2D eigenvalue weighted by Gasteiger charge is 2.18. The molecule has 0 aliphatic heterocycles. The standard InChI is InChI=1S/C10H11BrF2O/c1-3-14-10-8(13)5-4-7(12)9(10)6(2)11/h4-6H,3H2,1-2H3. The molecule has 0 saturated carbocycles. The molecule has 0 spiro atoms. The minimum Gasteiger partial charge on any atom is -0.490 e. The number of hydrogen-bond acceptors (Lipinski definition) is 1. The number of benzene rings is 1. The van der Waals surface area contributed by atoms with Crippen LogP contribution in [0.1, 0.15) is 24.2 Å². The molecule has 14 heavy (non-hydrogen) atoms. The Morgan fingerprint density at radius 3 is 2.43 bits per heavy atom. The van der Waals surface area contributed by atoms with Crippen LogP contribution >= 0.6 is 15.9 Å². The fourth-order valence-electron chi connectivity index (χ4n) is 1.21. The summed E-state index contributed by atoms with van der Waals surface area (Å²) in [6, 6.07) is 2.17. The summed E-state index contributed by atoms with van der Waals surface area (Å²) in [5.41, 5.74) is 0.229. The lowest BCUT2D eigenvalue weighted by Gasteiger charge is -2.13. The van der Waals surface area contributed by atoms with Crippen molar-refractivity contribution in [2.24, 2.45) is 0 Å². The zero-order chi connectivity index (χ0) is 10.7. The van der Waals surface area contributed by atoms with Gasteiger partial charge in [-0.2, -0.15) is 0 Å². The third-order valence-electron chi connectivity index (χ3n) is 1.78. The van der Waals surface area contributed by atoms with Crippen molar-refractivity contribution in [3.8, 4) is 5.75 Å². The number of alkyl halides is 1. The van der Waals surface area contributed by atoms with Gasteiger partial charge in [0.05, 0.1) is 6.61 Å². The van der Waals surface area contributed by atoms with Gasteiger partial charge in [0.1, 0.15) is 5.82 Å². The van der Waals surface area contributed by atoms with Gasteiger partial charge in [-0.25, -0.2) is 8.78 Å². The van der Waals surface area contributed by atoms with Gasteiger partial charge in [-0.05, 0) is 26.0 Å². The second-order valence-electron chi connectivity index (χ2n) is 2.82. The highest BCUT2D eigenvalue weighted by Crippen LogP contribution is 2.34. The Hall–Kier alpha value is -0.640. The molecule has 1 atom stereocenters. The zero-order valence-electron chi connectivity index (χ0n) is 7.98. The van der Waals surface area contributed by atoms with Crippen molar-refractivity contribution in [3.05, 3.63) is 29.3 Å². The number of ether oxygens (including phenoxy) is 1. The molecule has 1 nitrogen and oxygen atoms in total. The molecule has 1 unspecified atom stereocenters. The molecule has 0 aliphatic rings. The molecule has 0 amide bonds. The van der Waals surface area contributed by atoms with Crippen molar-refractivity contribution in [2.75, 3.05) is 6.61 Å². The molecule has 0 N–H and O–H groups in total. The molecule has 0 saturated heterocycles. The summed E-state index contributed by atoms with van der Waals surface area (Å²) >= 11 is 3.20. The van der Waals surface area contributed by atoms with Gasteiger partial charge >= 0.3 is 0 Å². The summed E-state index contributed by atoms with van der Waals surface area (Å²) in [5.74, 6) is -0.995. The molecular weight excluding hydrogens is 254 g/mol. The normalized spacial score (nSPS) is 12.6. The molecule has 78 valence electrons. The minimum absolute atomic E-state index is 0.00289. The molecular formula is C10H11BrF2O. The van der Waals surface area contributed by atoms with Crippen LogP contribution in [0.5, 0.6) is 5.75 Å². The summed E-state index contributed by atoms with van der Waals surface area (Å²) in [5, 5.41) is 0. The summed E-state index contributed by atoms with van der Waals surface area (Å²) in [7, 11) is 0. The van der Waals surface area contributed by atoms with E-state index in [1.54, 1.807) is 13.8 Å². The molecule has 1 aromatic rings. The van der Waals surface area contributed by atoms with E-state index in [-0.39, 0.29) is 16.1 Å². The van der Waals surface area contributed by atoms with Crippen LogP contribution in [0.2, 0.25) is 0 Å².